The Bertz CT molecular complexity index is 1140. The zero-order valence-electron chi connectivity index (χ0n) is 12.4. The average Bonchev–Trinajstić information content (AvgIpc) is 2.85. The van der Waals surface area contributed by atoms with E-state index in [1.54, 1.807) is 24.3 Å². The molecule has 122 valence electrons. The van der Waals surface area contributed by atoms with Crippen molar-refractivity contribution in [2.24, 2.45) is 0 Å². The number of carboxylic acids is 2. The molecule has 2 aromatic carbocycles. The van der Waals surface area contributed by atoms with Gasteiger partial charge in [-0.3, -0.25) is 4.79 Å². The normalized spacial score (nSPS) is 12.1. The number of hydrogen-bond donors (Lipinski definition) is 2. The van der Waals surface area contributed by atoms with Crippen molar-refractivity contribution >= 4 is 40.2 Å². The van der Waals surface area contributed by atoms with Crippen molar-refractivity contribution < 1.29 is 24.6 Å². The maximum Gasteiger partial charge on any atom is 0.337 e. The molecule has 0 radical (unpaired) electrons. The molecule has 0 unspecified atom stereocenters. The number of pyridine rings is 1. The van der Waals surface area contributed by atoms with Crippen LogP contribution < -0.4 is 0 Å². The number of benzene rings is 2. The van der Waals surface area contributed by atoms with Crippen LogP contribution >= 0.6 is 11.6 Å². The lowest BCUT2D eigenvalue weighted by atomic mass is 9.97. The van der Waals surface area contributed by atoms with E-state index in [0.29, 0.717) is 11.1 Å². The molecule has 0 saturated carbocycles. The lowest BCUT2D eigenvalue weighted by Gasteiger charge is -2.10. The highest BCUT2D eigenvalue weighted by Crippen LogP contribution is 2.40. The van der Waals surface area contributed by atoms with Gasteiger partial charge in [-0.2, -0.15) is 0 Å². The Labute approximate surface area is 145 Å². The second kappa shape index (κ2) is 5.12. The Morgan fingerprint density at radius 3 is 2.32 bits per heavy atom. The molecule has 4 rings (SSSR count). The molecule has 25 heavy (non-hydrogen) atoms. The van der Waals surface area contributed by atoms with Crippen molar-refractivity contribution in [2.75, 3.05) is 0 Å². The number of fused-ring (bicyclic) bond motifs is 4. The fourth-order valence-corrected chi connectivity index (χ4v) is 3.37. The van der Waals surface area contributed by atoms with Crippen molar-refractivity contribution in [3.05, 3.63) is 63.7 Å². The third-order valence-electron chi connectivity index (χ3n) is 4.15. The third-order valence-corrected chi connectivity index (χ3v) is 4.37. The topological polar surface area (TPSA) is 105 Å². The Balaban J connectivity index is 2.25. The first kappa shape index (κ1) is 15.3. The Morgan fingerprint density at radius 1 is 1.00 bits per heavy atom. The van der Waals surface area contributed by atoms with E-state index in [1.807, 2.05) is 0 Å². The summed E-state index contributed by atoms with van der Waals surface area (Å²) in [5.74, 6) is -3.08. The molecule has 1 aromatic heterocycles. The molecule has 0 fully saturated rings. The summed E-state index contributed by atoms with van der Waals surface area (Å²) in [4.78, 5) is 40.5. The number of aromatic carboxylic acids is 2. The molecule has 1 aliphatic carbocycles. The van der Waals surface area contributed by atoms with Crippen LogP contribution in [0, 0.1) is 0 Å². The van der Waals surface area contributed by atoms with E-state index < -0.39 is 17.7 Å². The molecule has 3 aromatic rings. The summed E-state index contributed by atoms with van der Waals surface area (Å²) in [5.41, 5.74) is 0.437. The fourth-order valence-electron chi connectivity index (χ4n) is 3.15. The van der Waals surface area contributed by atoms with Crippen molar-refractivity contribution in [3.8, 4) is 11.3 Å². The fraction of sp³-hybridized carbons (Fsp3) is 0. The van der Waals surface area contributed by atoms with E-state index in [0.717, 1.165) is 0 Å². The lowest BCUT2D eigenvalue weighted by Crippen LogP contribution is -2.10. The summed E-state index contributed by atoms with van der Waals surface area (Å²) in [6.45, 7) is 0. The Kier molecular flexibility index (Phi) is 3.13. The minimum absolute atomic E-state index is 0.0162. The van der Waals surface area contributed by atoms with Crippen LogP contribution in [0.15, 0.2) is 36.4 Å². The highest BCUT2D eigenvalue weighted by atomic mass is 35.5. The molecular weight excluding hydrogens is 346 g/mol. The molecule has 1 aliphatic rings. The van der Waals surface area contributed by atoms with E-state index in [4.69, 9.17) is 11.6 Å². The summed E-state index contributed by atoms with van der Waals surface area (Å²) in [5, 5.41) is 19.2. The first-order valence-corrected chi connectivity index (χ1v) is 7.56. The van der Waals surface area contributed by atoms with E-state index >= 15 is 0 Å². The number of carboxylic acid groups (broad SMARTS) is 2. The Morgan fingerprint density at radius 2 is 1.68 bits per heavy atom. The van der Waals surface area contributed by atoms with Crippen molar-refractivity contribution in [1.29, 1.82) is 0 Å². The molecule has 0 aliphatic heterocycles. The van der Waals surface area contributed by atoms with Crippen LogP contribution in [-0.2, 0) is 0 Å². The summed E-state index contributed by atoms with van der Waals surface area (Å²) in [7, 11) is 0. The molecule has 0 spiro atoms. The lowest BCUT2D eigenvalue weighted by molar-refractivity contribution is 0.0685. The molecule has 0 saturated heterocycles. The number of aromatic nitrogens is 1. The first-order chi connectivity index (χ1) is 11.9. The molecular formula is C18H8ClNO5. The van der Waals surface area contributed by atoms with Gasteiger partial charge >= 0.3 is 11.9 Å². The van der Waals surface area contributed by atoms with Gasteiger partial charge in [-0.15, -0.1) is 0 Å². The smallest absolute Gasteiger partial charge is 0.337 e. The largest absolute Gasteiger partial charge is 0.478 e. The minimum atomic E-state index is -1.34. The molecule has 7 heteroatoms. The van der Waals surface area contributed by atoms with Gasteiger partial charge in [-0.05, 0) is 12.1 Å². The molecule has 6 nitrogen and oxygen atoms in total. The van der Waals surface area contributed by atoms with E-state index in [2.05, 4.69) is 4.98 Å². The molecule has 0 bridgehead atoms. The SMILES string of the molecule is O=C1c2ccccc2-c2nc3c(C(=O)O)cc(Cl)cc3c(C(=O)O)c21. The molecule has 1 heterocycles. The molecule has 2 N–H and O–H groups in total. The van der Waals surface area contributed by atoms with Gasteiger partial charge < -0.3 is 10.2 Å². The van der Waals surface area contributed by atoms with Gasteiger partial charge in [0.15, 0.2) is 5.78 Å². The number of ketones is 1. The van der Waals surface area contributed by atoms with E-state index in [9.17, 15) is 24.6 Å². The number of nitrogens with zero attached hydrogens (tertiary/aromatic N) is 1. The van der Waals surface area contributed by atoms with Gasteiger partial charge in [0.2, 0.25) is 0 Å². The second-order valence-corrected chi connectivity index (χ2v) is 5.98. The van der Waals surface area contributed by atoms with Crippen LogP contribution in [0.1, 0.15) is 36.6 Å². The van der Waals surface area contributed by atoms with Crippen LogP contribution in [-0.4, -0.2) is 32.9 Å². The maximum absolute atomic E-state index is 12.7. The number of hydrogen-bond acceptors (Lipinski definition) is 4. The minimum Gasteiger partial charge on any atom is -0.478 e. The van der Waals surface area contributed by atoms with Crippen LogP contribution in [0.4, 0.5) is 0 Å². The Hall–Kier alpha value is -3.25. The number of carbonyl (C=O) groups is 3. The maximum atomic E-state index is 12.7. The first-order valence-electron chi connectivity index (χ1n) is 7.18. The number of carbonyl (C=O) groups excluding carboxylic acids is 1. The van der Waals surface area contributed by atoms with E-state index in [1.165, 1.54) is 12.1 Å². The van der Waals surface area contributed by atoms with Gasteiger partial charge in [-0.1, -0.05) is 35.9 Å². The van der Waals surface area contributed by atoms with Crippen LogP contribution in [0.25, 0.3) is 22.2 Å². The van der Waals surface area contributed by atoms with Crippen LogP contribution in [0.3, 0.4) is 0 Å². The quantitative estimate of drug-likeness (QED) is 0.571. The molecule has 0 amide bonds. The highest BCUT2D eigenvalue weighted by molar-refractivity contribution is 6.33. The van der Waals surface area contributed by atoms with Crippen LogP contribution in [0.5, 0.6) is 0 Å². The van der Waals surface area contributed by atoms with Gasteiger partial charge in [-0.25, -0.2) is 14.6 Å². The van der Waals surface area contributed by atoms with Crippen molar-refractivity contribution in [1.82, 2.24) is 4.98 Å². The summed E-state index contributed by atoms with van der Waals surface area (Å²) < 4.78 is 0. The van der Waals surface area contributed by atoms with Crippen molar-refractivity contribution in [2.45, 2.75) is 0 Å². The predicted octanol–water partition coefficient (Wildman–Crippen LogP) is 3.50. The number of halogens is 1. The standard InChI is InChI=1S/C18H8ClNO5/c19-7-5-10-12(18(24)25)13-15(20-14(10)11(6-7)17(22)23)8-3-1-2-4-9(8)16(13)21/h1-6H,(H,22,23)(H,24,25). The summed E-state index contributed by atoms with van der Waals surface area (Å²) in [6.07, 6.45) is 0. The summed E-state index contributed by atoms with van der Waals surface area (Å²) >= 11 is 5.95. The average molecular weight is 354 g/mol. The summed E-state index contributed by atoms with van der Waals surface area (Å²) in [6, 6.07) is 9.13. The zero-order valence-corrected chi connectivity index (χ0v) is 13.2. The van der Waals surface area contributed by atoms with Crippen molar-refractivity contribution in [3.63, 3.8) is 0 Å². The zero-order chi connectivity index (χ0) is 17.9. The predicted molar refractivity (Wildman–Crippen MR) is 89.5 cm³/mol. The van der Waals surface area contributed by atoms with Gasteiger partial charge in [0.25, 0.3) is 0 Å². The van der Waals surface area contributed by atoms with E-state index in [-0.39, 0.29) is 38.3 Å². The third kappa shape index (κ3) is 2.04. The highest BCUT2D eigenvalue weighted by Gasteiger charge is 2.35. The van der Waals surface area contributed by atoms with Gasteiger partial charge in [0.1, 0.15) is 0 Å². The number of rotatable bonds is 2. The van der Waals surface area contributed by atoms with Crippen LogP contribution in [0.2, 0.25) is 5.02 Å². The van der Waals surface area contributed by atoms with Gasteiger partial charge in [0, 0.05) is 21.5 Å². The monoisotopic (exact) mass is 353 g/mol. The molecule has 0 atom stereocenters. The van der Waals surface area contributed by atoms with Gasteiger partial charge in [0.05, 0.1) is 27.9 Å². The second-order valence-electron chi connectivity index (χ2n) is 5.54.